The molecule has 1 aromatic rings. The zero-order valence-corrected chi connectivity index (χ0v) is 11.8. The van der Waals surface area contributed by atoms with Crippen LogP contribution in [0.3, 0.4) is 0 Å². The maximum absolute atomic E-state index is 9.69. The number of aliphatic hydroxyl groups is 1. The smallest absolute Gasteiger partial charge is 0.125 e. The van der Waals surface area contributed by atoms with Gasteiger partial charge in [0, 0.05) is 12.2 Å². The first kappa shape index (κ1) is 15.0. The second kappa shape index (κ2) is 7.39. The van der Waals surface area contributed by atoms with Gasteiger partial charge in [-0.3, -0.25) is 0 Å². The molecule has 0 aromatic heterocycles. The fraction of sp³-hybridized carbons (Fsp3) is 0.600. The van der Waals surface area contributed by atoms with Crippen LogP contribution in [0, 0.1) is 12.8 Å². The minimum atomic E-state index is -0.517. The van der Waals surface area contributed by atoms with Crippen LogP contribution in [-0.4, -0.2) is 24.9 Å². The number of benzene rings is 1. The molecule has 1 rings (SSSR count). The van der Waals surface area contributed by atoms with Crippen LogP contribution >= 0.6 is 0 Å². The summed E-state index contributed by atoms with van der Waals surface area (Å²) in [6, 6.07) is 5.84. The second-order valence-corrected chi connectivity index (χ2v) is 5.03. The Kier molecular flexibility index (Phi) is 6.16. The number of aryl methyl sites for hydroxylation is 1. The molecule has 0 bridgehead atoms. The van der Waals surface area contributed by atoms with Crippen LogP contribution in [0.5, 0.6) is 5.75 Å². The second-order valence-electron chi connectivity index (χ2n) is 5.03. The summed E-state index contributed by atoms with van der Waals surface area (Å²) < 4.78 is 11.1. The zero-order chi connectivity index (χ0) is 13.5. The highest BCUT2D eigenvalue weighted by Crippen LogP contribution is 2.26. The lowest BCUT2D eigenvalue weighted by Gasteiger charge is -2.14. The van der Waals surface area contributed by atoms with E-state index in [-0.39, 0.29) is 0 Å². The summed E-state index contributed by atoms with van der Waals surface area (Å²) in [6.45, 7) is 9.82. The lowest BCUT2D eigenvalue weighted by Crippen LogP contribution is -2.11. The van der Waals surface area contributed by atoms with Crippen LogP contribution < -0.4 is 4.74 Å². The summed E-state index contributed by atoms with van der Waals surface area (Å²) in [6.07, 6.45) is -0.517. The van der Waals surface area contributed by atoms with Crippen molar-refractivity contribution < 1.29 is 14.6 Å². The molecule has 0 fully saturated rings. The monoisotopic (exact) mass is 252 g/mol. The third kappa shape index (κ3) is 5.07. The fourth-order valence-electron chi connectivity index (χ4n) is 1.66. The summed E-state index contributed by atoms with van der Waals surface area (Å²) in [7, 11) is 0. The van der Waals surface area contributed by atoms with Gasteiger partial charge in [0.25, 0.3) is 0 Å². The Morgan fingerprint density at radius 2 is 1.89 bits per heavy atom. The molecule has 0 unspecified atom stereocenters. The highest BCUT2D eigenvalue weighted by Gasteiger charge is 2.09. The standard InChI is InChI=1S/C15H24O3/c1-11(2)10-17-7-8-18-15-6-5-12(3)9-14(15)13(4)16/h5-6,9,11,13,16H,7-8,10H2,1-4H3/t13-/m1/s1. The average molecular weight is 252 g/mol. The fourth-order valence-corrected chi connectivity index (χ4v) is 1.66. The molecule has 0 aliphatic carbocycles. The molecular formula is C15H24O3. The molecule has 0 amide bonds. The van der Waals surface area contributed by atoms with Crippen molar-refractivity contribution >= 4 is 0 Å². The molecule has 0 saturated heterocycles. The number of rotatable bonds is 7. The van der Waals surface area contributed by atoms with E-state index in [1.807, 2.05) is 25.1 Å². The molecule has 0 radical (unpaired) electrons. The molecule has 3 nitrogen and oxygen atoms in total. The van der Waals surface area contributed by atoms with Gasteiger partial charge in [0.2, 0.25) is 0 Å². The molecule has 0 aliphatic heterocycles. The maximum Gasteiger partial charge on any atom is 0.125 e. The molecule has 0 heterocycles. The highest BCUT2D eigenvalue weighted by atomic mass is 16.5. The Morgan fingerprint density at radius 3 is 2.50 bits per heavy atom. The summed E-state index contributed by atoms with van der Waals surface area (Å²) in [5.74, 6) is 1.28. The van der Waals surface area contributed by atoms with Crippen LogP contribution in [0.4, 0.5) is 0 Å². The van der Waals surface area contributed by atoms with E-state index in [9.17, 15) is 5.11 Å². The van der Waals surface area contributed by atoms with Gasteiger partial charge in [0.1, 0.15) is 12.4 Å². The van der Waals surface area contributed by atoms with Crippen LogP contribution in [-0.2, 0) is 4.74 Å². The zero-order valence-electron chi connectivity index (χ0n) is 11.8. The van der Waals surface area contributed by atoms with Crippen molar-refractivity contribution in [2.75, 3.05) is 19.8 Å². The topological polar surface area (TPSA) is 38.7 Å². The van der Waals surface area contributed by atoms with E-state index in [0.717, 1.165) is 23.5 Å². The van der Waals surface area contributed by atoms with Crippen molar-refractivity contribution in [3.8, 4) is 5.75 Å². The molecule has 0 spiro atoms. The molecule has 1 atom stereocenters. The van der Waals surface area contributed by atoms with E-state index in [1.165, 1.54) is 0 Å². The Morgan fingerprint density at radius 1 is 1.17 bits per heavy atom. The minimum Gasteiger partial charge on any atom is -0.491 e. The van der Waals surface area contributed by atoms with Crippen molar-refractivity contribution in [3.05, 3.63) is 29.3 Å². The first-order valence-corrected chi connectivity index (χ1v) is 6.50. The molecule has 1 aromatic carbocycles. The largest absolute Gasteiger partial charge is 0.491 e. The number of ether oxygens (including phenoxy) is 2. The summed E-state index contributed by atoms with van der Waals surface area (Å²) in [5.41, 5.74) is 1.95. The quantitative estimate of drug-likeness (QED) is 0.758. The van der Waals surface area contributed by atoms with Gasteiger partial charge in [0.15, 0.2) is 0 Å². The Balaban J connectivity index is 2.46. The lowest BCUT2D eigenvalue weighted by molar-refractivity contribution is 0.0805. The van der Waals surface area contributed by atoms with E-state index in [1.54, 1.807) is 6.92 Å². The normalized spacial score (nSPS) is 12.8. The van der Waals surface area contributed by atoms with Gasteiger partial charge >= 0.3 is 0 Å². The van der Waals surface area contributed by atoms with Gasteiger partial charge in [0.05, 0.1) is 12.7 Å². The van der Waals surface area contributed by atoms with Crippen molar-refractivity contribution in [2.24, 2.45) is 5.92 Å². The first-order chi connectivity index (χ1) is 8.50. The van der Waals surface area contributed by atoms with Crippen LogP contribution in [0.15, 0.2) is 18.2 Å². The summed E-state index contributed by atoms with van der Waals surface area (Å²) in [4.78, 5) is 0. The molecule has 102 valence electrons. The number of aliphatic hydroxyl groups excluding tert-OH is 1. The lowest BCUT2D eigenvalue weighted by atomic mass is 10.1. The first-order valence-electron chi connectivity index (χ1n) is 6.50. The number of hydrogen-bond acceptors (Lipinski definition) is 3. The molecule has 0 saturated carbocycles. The van der Waals surface area contributed by atoms with Gasteiger partial charge in [-0.25, -0.2) is 0 Å². The predicted octanol–water partition coefficient (Wildman–Crippen LogP) is 3.10. The molecule has 3 heteroatoms. The van der Waals surface area contributed by atoms with Gasteiger partial charge in [-0.05, 0) is 31.9 Å². The SMILES string of the molecule is Cc1ccc(OCCOCC(C)C)c([C@@H](C)O)c1. The van der Waals surface area contributed by atoms with Gasteiger partial charge in [-0.1, -0.05) is 25.5 Å². The minimum absolute atomic E-state index is 0.509. The van der Waals surface area contributed by atoms with E-state index in [0.29, 0.717) is 19.1 Å². The Hall–Kier alpha value is -1.06. The van der Waals surface area contributed by atoms with Crippen molar-refractivity contribution in [2.45, 2.75) is 33.8 Å². The molecular weight excluding hydrogens is 228 g/mol. The van der Waals surface area contributed by atoms with E-state index in [4.69, 9.17) is 9.47 Å². The van der Waals surface area contributed by atoms with Crippen molar-refractivity contribution in [1.82, 2.24) is 0 Å². The molecule has 0 aliphatic rings. The molecule has 1 N–H and O–H groups in total. The van der Waals surface area contributed by atoms with Crippen molar-refractivity contribution in [1.29, 1.82) is 0 Å². The average Bonchev–Trinajstić information content (AvgIpc) is 2.29. The van der Waals surface area contributed by atoms with E-state index in [2.05, 4.69) is 13.8 Å². The summed E-state index contributed by atoms with van der Waals surface area (Å²) >= 11 is 0. The summed E-state index contributed by atoms with van der Waals surface area (Å²) in [5, 5.41) is 9.69. The molecule has 18 heavy (non-hydrogen) atoms. The maximum atomic E-state index is 9.69. The Bertz CT molecular complexity index is 359. The van der Waals surface area contributed by atoms with Gasteiger partial charge in [-0.2, -0.15) is 0 Å². The van der Waals surface area contributed by atoms with Crippen LogP contribution in [0.25, 0.3) is 0 Å². The van der Waals surface area contributed by atoms with Gasteiger partial charge in [-0.15, -0.1) is 0 Å². The van der Waals surface area contributed by atoms with Crippen molar-refractivity contribution in [3.63, 3.8) is 0 Å². The third-order valence-electron chi connectivity index (χ3n) is 2.55. The Labute approximate surface area is 110 Å². The highest BCUT2D eigenvalue weighted by molar-refractivity contribution is 5.38. The third-order valence-corrected chi connectivity index (χ3v) is 2.55. The van der Waals surface area contributed by atoms with Crippen LogP contribution in [0.1, 0.15) is 38.0 Å². The van der Waals surface area contributed by atoms with E-state index < -0.39 is 6.10 Å². The van der Waals surface area contributed by atoms with E-state index >= 15 is 0 Å². The predicted molar refractivity (Wildman–Crippen MR) is 73.0 cm³/mol. The van der Waals surface area contributed by atoms with Gasteiger partial charge < -0.3 is 14.6 Å². The van der Waals surface area contributed by atoms with Crippen LogP contribution in [0.2, 0.25) is 0 Å². The number of hydrogen-bond donors (Lipinski definition) is 1.